The first kappa shape index (κ1) is 11.6. The summed E-state index contributed by atoms with van der Waals surface area (Å²) in [6.45, 7) is 0. The van der Waals surface area contributed by atoms with Crippen LogP contribution >= 0.6 is 23.2 Å². The Balaban J connectivity index is 2.30. The van der Waals surface area contributed by atoms with Crippen LogP contribution in [0.1, 0.15) is 12.0 Å². The van der Waals surface area contributed by atoms with Crippen molar-refractivity contribution in [1.29, 1.82) is 0 Å². The summed E-state index contributed by atoms with van der Waals surface area (Å²) in [5.41, 5.74) is 1.82. The van der Waals surface area contributed by atoms with Crippen LogP contribution in [-0.4, -0.2) is 19.1 Å². The van der Waals surface area contributed by atoms with Crippen molar-refractivity contribution >= 4 is 34.9 Å². The molecule has 0 saturated heterocycles. The van der Waals surface area contributed by atoms with E-state index in [1.54, 1.807) is 6.07 Å². The van der Waals surface area contributed by atoms with Crippen LogP contribution in [0.4, 0.5) is 5.69 Å². The van der Waals surface area contributed by atoms with Gasteiger partial charge in [0.15, 0.2) is 0 Å². The fraction of sp³-hybridized carbons (Fsp3) is 0.364. The summed E-state index contributed by atoms with van der Waals surface area (Å²) in [4.78, 5) is 11.4. The van der Waals surface area contributed by atoms with Gasteiger partial charge in [0.1, 0.15) is 6.04 Å². The highest BCUT2D eigenvalue weighted by atomic mass is 35.5. The van der Waals surface area contributed by atoms with Gasteiger partial charge in [-0.25, -0.2) is 4.79 Å². The minimum Gasteiger partial charge on any atom is -0.467 e. The van der Waals surface area contributed by atoms with Crippen LogP contribution in [0.2, 0.25) is 10.0 Å². The Bertz CT molecular complexity index is 434. The Hall–Kier alpha value is -0.930. The molecule has 0 bridgehead atoms. The van der Waals surface area contributed by atoms with E-state index in [-0.39, 0.29) is 12.0 Å². The lowest BCUT2D eigenvalue weighted by molar-refractivity contribution is -0.141. The molecule has 0 aromatic heterocycles. The molecule has 16 heavy (non-hydrogen) atoms. The van der Waals surface area contributed by atoms with Crippen LogP contribution in [0.15, 0.2) is 12.1 Å². The number of halogens is 2. The zero-order chi connectivity index (χ0) is 11.7. The lowest BCUT2D eigenvalue weighted by Crippen LogP contribution is -2.34. The molecule has 1 heterocycles. The van der Waals surface area contributed by atoms with E-state index in [1.165, 1.54) is 7.11 Å². The van der Waals surface area contributed by atoms with Crippen LogP contribution in [0.25, 0.3) is 0 Å². The molecule has 86 valence electrons. The van der Waals surface area contributed by atoms with E-state index in [2.05, 4.69) is 5.32 Å². The van der Waals surface area contributed by atoms with Gasteiger partial charge in [0, 0.05) is 5.02 Å². The number of nitrogens with one attached hydrogen (secondary N) is 1. The molecule has 0 spiro atoms. The summed E-state index contributed by atoms with van der Waals surface area (Å²) in [5, 5.41) is 4.23. The van der Waals surface area contributed by atoms with Crippen molar-refractivity contribution < 1.29 is 9.53 Å². The zero-order valence-electron chi connectivity index (χ0n) is 8.72. The Morgan fingerprint density at radius 1 is 1.50 bits per heavy atom. The summed E-state index contributed by atoms with van der Waals surface area (Å²) in [6.07, 6.45) is 1.46. The number of benzene rings is 1. The predicted molar refractivity (Wildman–Crippen MR) is 64.2 cm³/mol. The van der Waals surface area contributed by atoms with Crippen molar-refractivity contribution in [3.8, 4) is 0 Å². The summed E-state index contributed by atoms with van der Waals surface area (Å²) in [7, 11) is 1.38. The van der Waals surface area contributed by atoms with Gasteiger partial charge in [-0.3, -0.25) is 0 Å². The van der Waals surface area contributed by atoms with E-state index < -0.39 is 0 Å². The third kappa shape index (κ3) is 2.11. The van der Waals surface area contributed by atoms with Gasteiger partial charge in [0.05, 0.1) is 17.8 Å². The SMILES string of the molecule is COC(=O)C1CCc2cc(Cl)cc(Cl)c2N1. The largest absolute Gasteiger partial charge is 0.467 e. The molecule has 0 aliphatic carbocycles. The summed E-state index contributed by atoms with van der Waals surface area (Å²) in [6, 6.07) is 3.20. The Kier molecular flexibility index (Phi) is 3.26. The molecule has 1 aromatic rings. The van der Waals surface area contributed by atoms with Crippen molar-refractivity contribution in [2.45, 2.75) is 18.9 Å². The number of ether oxygens (including phenoxy) is 1. The second kappa shape index (κ2) is 4.52. The standard InChI is InChI=1S/C11H11Cl2NO2/c1-16-11(15)9-3-2-6-4-7(12)5-8(13)10(6)14-9/h4-5,9,14H,2-3H2,1H3. The third-order valence-corrected chi connectivity index (χ3v) is 3.16. The van der Waals surface area contributed by atoms with Crippen LogP contribution in [0, 0.1) is 0 Å². The van der Waals surface area contributed by atoms with Crippen molar-refractivity contribution in [1.82, 2.24) is 0 Å². The predicted octanol–water partition coefficient (Wildman–Crippen LogP) is 2.89. The van der Waals surface area contributed by atoms with Gasteiger partial charge in [-0.1, -0.05) is 23.2 Å². The van der Waals surface area contributed by atoms with Crippen molar-refractivity contribution in [2.24, 2.45) is 0 Å². The maximum atomic E-state index is 11.4. The maximum Gasteiger partial charge on any atom is 0.328 e. The second-order valence-corrected chi connectivity index (χ2v) is 4.52. The van der Waals surface area contributed by atoms with Gasteiger partial charge < -0.3 is 10.1 Å². The number of hydrogen-bond donors (Lipinski definition) is 1. The third-order valence-electron chi connectivity index (χ3n) is 2.64. The number of esters is 1. The minimum absolute atomic E-state index is 0.267. The van der Waals surface area contributed by atoms with Crippen molar-refractivity contribution in [3.05, 3.63) is 27.7 Å². The van der Waals surface area contributed by atoms with E-state index in [9.17, 15) is 4.79 Å². The summed E-state index contributed by atoms with van der Waals surface area (Å²) < 4.78 is 4.70. The van der Waals surface area contributed by atoms with Gasteiger partial charge >= 0.3 is 5.97 Å². The second-order valence-electron chi connectivity index (χ2n) is 3.68. The molecule has 0 amide bonds. The van der Waals surface area contributed by atoms with Crippen molar-refractivity contribution in [3.63, 3.8) is 0 Å². The first-order valence-electron chi connectivity index (χ1n) is 4.94. The first-order chi connectivity index (χ1) is 7.61. The smallest absolute Gasteiger partial charge is 0.328 e. The van der Waals surface area contributed by atoms with Crippen LogP contribution in [0.3, 0.4) is 0 Å². The van der Waals surface area contributed by atoms with Gasteiger partial charge in [-0.05, 0) is 30.5 Å². The molecule has 3 nitrogen and oxygen atoms in total. The normalized spacial score (nSPS) is 18.6. The Labute approximate surface area is 104 Å². The number of carbonyl (C=O) groups excluding carboxylic acids is 1. The fourth-order valence-electron chi connectivity index (χ4n) is 1.85. The molecule has 0 fully saturated rings. The molecular weight excluding hydrogens is 249 g/mol. The van der Waals surface area contributed by atoms with Gasteiger partial charge in [0.25, 0.3) is 0 Å². The number of hydrogen-bond acceptors (Lipinski definition) is 3. The minimum atomic E-state index is -0.323. The number of rotatable bonds is 1. The molecule has 0 radical (unpaired) electrons. The number of methoxy groups -OCH3 is 1. The molecule has 1 aromatic carbocycles. The van der Waals surface area contributed by atoms with Crippen LogP contribution in [-0.2, 0) is 16.0 Å². The molecule has 0 saturated carbocycles. The molecule has 2 rings (SSSR count). The first-order valence-corrected chi connectivity index (χ1v) is 5.69. The fourth-order valence-corrected chi connectivity index (χ4v) is 2.44. The van der Waals surface area contributed by atoms with E-state index in [4.69, 9.17) is 27.9 Å². The lowest BCUT2D eigenvalue weighted by atomic mass is 9.98. The molecule has 1 N–H and O–H groups in total. The number of fused-ring (bicyclic) bond motifs is 1. The van der Waals surface area contributed by atoms with Crippen molar-refractivity contribution in [2.75, 3.05) is 12.4 Å². The molecule has 1 aliphatic heterocycles. The van der Waals surface area contributed by atoms with Gasteiger partial charge in [0.2, 0.25) is 0 Å². The maximum absolute atomic E-state index is 11.4. The summed E-state index contributed by atoms with van der Waals surface area (Å²) >= 11 is 12.0. The Morgan fingerprint density at radius 2 is 2.25 bits per heavy atom. The van der Waals surface area contributed by atoms with E-state index in [0.29, 0.717) is 16.5 Å². The number of aryl methyl sites for hydroxylation is 1. The van der Waals surface area contributed by atoms with E-state index >= 15 is 0 Å². The quantitative estimate of drug-likeness (QED) is 0.789. The monoisotopic (exact) mass is 259 g/mol. The molecule has 1 unspecified atom stereocenters. The van der Waals surface area contributed by atoms with E-state index in [1.807, 2.05) is 6.07 Å². The average Bonchev–Trinajstić information content (AvgIpc) is 2.27. The molecule has 5 heteroatoms. The Morgan fingerprint density at radius 3 is 2.94 bits per heavy atom. The van der Waals surface area contributed by atoms with Crippen LogP contribution < -0.4 is 5.32 Å². The highest BCUT2D eigenvalue weighted by Crippen LogP contribution is 2.34. The highest BCUT2D eigenvalue weighted by Gasteiger charge is 2.26. The number of carbonyl (C=O) groups is 1. The van der Waals surface area contributed by atoms with Gasteiger partial charge in [-0.2, -0.15) is 0 Å². The zero-order valence-corrected chi connectivity index (χ0v) is 10.2. The molecule has 1 atom stereocenters. The highest BCUT2D eigenvalue weighted by molar-refractivity contribution is 6.36. The number of anilines is 1. The molecular formula is C11H11Cl2NO2. The average molecular weight is 260 g/mol. The lowest BCUT2D eigenvalue weighted by Gasteiger charge is -2.26. The van der Waals surface area contributed by atoms with Gasteiger partial charge in [-0.15, -0.1) is 0 Å². The topological polar surface area (TPSA) is 38.3 Å². The molecule has 1 aliphatic rings. The summed E-state index contributed by atoms with van der Waals surface area (Å²) in [5.74, 6) is -0.267. The van der Waals surface area contributed by atoms with E-state index in [0.717, 1.165) is 17.7 Å². The van der Waals surface area contributed by atoms with Crippen LogP contribution in [0.5, 0.6) is 0 Å².